The maximum absolute atomic E-state index is 10.6. The molecular weight excluding hydrogens is 274 g/mol. The van der Waals surface area contributed by atoms with Crippen LogP contribution in [0, 0.1) is 0 Å². The van der Waals surface area contributed by atoms with E-state index in [4.69, 9.17) is 10.5 Å². The summed E-state index contributed by atoms with van der Waals surface area (Å²) in [5, 5.41) is 0. The van der Waals surface area contributed by atoms with Gasteiger partial charge in [0.25, 0.3) is 0 Å². The lowest BCUT2D eigenvalue weighted by molar-refractivity contribution is -0.118. The predicted molar refractivity (Wildman–Crippen MR) is 94.9 cm³/mol. The highest BCUT2D eigenvalue weighted by molar-refractivity contribution is 5.73. The van der Waals surface area contributed by atoms with E-state index in [2.05, 4.69) is 6.92 Å². The second kappa shape index (κ2) is 16.8. The molecule has 3 heteroatoms. The highest BCUT2D eigenvalue weighted by atomic mass is 16.5. The molecule has 0 saturated heterocycles. The number of hydrogen-bond acceptors (Lipinski definition) is 2. The Balaban J connectivity index is 3.33. The average Bonchev–Trinajstić information content (AvgIpc) is 2.50. The van der Waals surface area contributed by atoms with Crippen LogP contribution in [0.1, 0.15) is 103 Å². The zero-order valence-electron chi connectivity index (χ0n) is 15.1. The molecule has 0 aromatic carbocycles. The average molecular weight is 314 g/mol. The van der Waals surface area contributed by atoms with Crippen LogP contribution in [-0.4, -0.2) is 19.1 Å². The highest BCUT2D eigenvalue weighted by Crippen LogP contribution is 2.16. The third-order valence-electron chi connectivity index (χ3n) is 4.41. The molecule has 1 unspecified atom stereocenters. The molecular formula is C19H39NO2. The van der Waals surface area contributed by atoms with Crippen molar-refractivity contribution < 1.29 is 9.53 Å². The van der Waals surface area contributed by atoms with Crippen molar-refractivity contribution in [1.82, 2.24) is 0 Å². The van der Waals surface area contributed by atoms with E-state index in [1.54, 1.807) is 0 Å². The standard InChI is InChI=1S/C19H39NO2/c1-3-4-5-6-9-12-15-18(22-2)16-13-10-7-8-11-14-17-19(20)21/h18H,3-17H2,1-2H3,(H2,20,21). The molecule has 0 bridgehead atoms. The van der Waals surface area contributed by atoms with Gasteiger partial charge in [0.15, 0.2) is 0 Å². The summed E-state index contributed by atoms with van der Waals surface area (Å²) >= 11 is 0. The molecule has 0 heterocycles. The Morgan fingerprint density at radius 2 is 1.27 bits per heavy atom. The van der Waals surface area contributed by atoms with Crippen molar-refractivity contribution in [2.24, 2.45) is 5.73 Å². The van der Waals surface area contributed by atoms with E-state index >= 15 is 0 Å². The molecule has 0 aromatic rings. The number of carbonyl (C=O) groups excluding carboxylic acids is 1. The van der Waals surface area contributed by atoms with Crippen LogP contribution in [0.3, 0.4) is 0 Å². The van der Waals surface area contributed by atoms with Crippen molar-refractivity contribution >= 4 is 5.91 Å². The summed E-state index contributed by atoms with van der Waals surface area (Å²) in [6, 6.07) is 0. The fourth-order valence-corrected chi connectivity index (χ4v) is 2.91. The SMILES string of the molecule is CCCCCCCCC(CCCCCCCCC(N)=O)OC. The third kappa shape index (κ3) is 15.8. The molecule has 0 rings (SSSR count). The van der Waals surface area contributed by atoms with Gasteiger partial charge >= 0.3 is 0 Å². The van der Waals surface area contributed by atoms with E-state index in [0.717, 1.165) is 12.8 Å². The van der Waals surface area contributed by atoms with Gasteiger partial charge in [-0.05, 0) is 19.3 Å². The van der Waals surface area contributed by atoms with Gasteiger partial charge in [-0.2, -0.15) is 0 Å². The number of primary amides is 1. The number of nitrogens with two attached hydrogens (primary N) is 1. The molecule has 0 saturated carbocycles. The topological polar surface area (TPSA) is 52.3 Å². The van der Waals surface area contributed by atoms with Gasteiger partial charge < -0.3 is 10.5 Å². The van der Waals surface area contributed by atoms with Gasteiger partial charge in [-0.25, -0.2) is 0 Å². The minimum atomic E-state index is -0.169. The number of ether oxygens (including phenoxy) is 1. The number of rotatable bonds is 17. The monoisotopic (exact) mass is 313 g/mol. The van der Waals surface area contributed by atoms with Crippen molar-refractivity contribution in [2.45, 2.75) is 109 Å². The lowest BCUT2D eigenvalue weighted by atomic mass is 10.0. The zero-order chi connectivity index (χ0) is 16.5. The smallest absolute Gasteiger partial charge is 0.217 e. The van der Waals surface area contributed by atoms with Gasteiger partial charge in [0, 0.05) is 13.5 Å². The lowest BCUT2D eigenvalue weighted by Gasteiger charge is -2.15. The number of amides is 1. The van der Waals surface area contributed by atoms with Crippen LogP contribution in [-0.2, 0) is 9.53 Å². The summed E-state index contributed by atoms with van der Waals surface area (Å²) in [7, 11) is 1.85. The maximum atomic E-state index is 10.6. The lowest BCUT2D eigenvalue weighted by Crippen LogP contribution is -2.10. The van der Waals surface area contributed by atoms with Crippen LogP contribution in [0.25, 0.3) is 0 Å². The van der Waals surface area contributed by atoms with Gasteiger partial charge in [-0.1, -0.05) is 77.6 Å². The van der Waals surface area contributed by atoms with E-state index in [1.807, 2.05) is 7.11 Å². The van der Waals surface area contributed by atoms with Crippen molar-refractivity contribution in [2.75, 3.05) is 7.11 Å². The van der Waals surface area contributed by atoms with Crippen LogP contribution >= 0.6 is 0 Å². The molecule has 0 aliphatic heterocycles. The fourth-order valence-electron chi connectivity index (χ4n) is 2.91. The van der Waals surface area contributed by atoms with E-state index < -0.39 is 0 Å². The van der Waals surface area contributed by atoms with Crippen molar-refractivity contribution in [3.63, 3.8) is 0 Å². The maximum Gasteiger partial charge on any atom is 0.217 e. The minimum Gasteiger partial charge on any atom is -0.381 e. The molecule has 0 fully saturated rings. The molecule has 0 aromatic heterocycles. The summed E-state index contributed by atoms with van der Waals surface area (Å²) in [4.78, 5) is 10.6. The van der Waals surface area contributed by atoms with E-state index in [-0.39, 0.29) is 5.91 Å². The van der Waals surface area contributed by atoms with Crippen molar-refractivity contribution in [1.29, 1.82) is 0 Å². The number of hydrogen-bond donors (Lipinski definition) is 1. The van der Waals surface area contributed by atoms with E-state index in [9.17, 15) is 4.79 Å². The Hall–Kier alpha value is -0.570. The quantitative estimate of drug-likeness (QED) is 0.368. The highest BCUT2D eigenvalue weighted by Gasteiger charge is 2.06. The molecule has 3 nitrogen and oxygen atoms in total. The Kier molecular flexibility index (Phi) is 16.4. The van der Waals surface area contributed by atoms with Gasteiger partial charge in [0.1, 0.15) is 0 Å². The fraction of sp³-hybridized carbons (Fsp3) is 0.947. The van der Waals surface area contributed by atoms with Crippen molar-refractivity contribution in [3.8, 4) is 0 Å². The molecule has 0 spiro atoms. The summed E-state index contributed by atoms with van der Waals surface area (Å²) in [5.74, 6) is -0.169. The van der Waals surface area contributed by atoms with Gasteiger partial charge in [0.05, 0.1) is 6.10 Å². The van der Waals surface area contributed by atoms with Crippen LogP contribution < -0.4 is 5.73 Å². The van der Waals surface area contributed by atoms with Gasteiger partial charge in [-0.15, -0.1) is 0 Å². The zero-order valence-corrected chi connectivity index (χ0v) is 15.1. The number of unbranched alkanes of at least 4 members (excludes halogenated alkanes) is 10. The normalized spacial score (nSPS) is 12.5. The molecule has 0 radical (unpaired) electrons. The van der Waals surface area contributed by atoms with Crippen LogP contribution in [0.2, 0.25) is 0 Å². The largest absolute Gasteiger partial charge is 0.381 e. The molecule has 0 aliphatic rings. The Morgan fingerprint density at radius 1 is 0.818 bits per heavy atom. The molecule has 1 atom stereocenters. The van der Waals surface area contributed by atoms with Crippen LogP contribution in [0.4, 0.5) is 0 Å². The molecule has 22 heavy (non-hydrogen) atoms. The van der Waals surface area contributed by atoms with Crippen LogP contribution in [0.15, 0.2) is 0 Å². The number of methoxy groups -OCH3 is 1. The molecule has 132 valence electrons. The van der Waals surface area contributed by atoms with E-state index in [1.165, 1.54) is 77.0 Å². The Labute approximate surface area is 138 Å². The van der Waals surface area contributed by atoms with Crippen LogP contribution in [0.5, 0.6) is 0 Å². The second-order valence-electron chi connectivity index (χ2n) is 6.54. The first-order chi connectivity index (χ1) is 10.7. The summed E-state index contributed by atoms with van der Waals surface area (Å²) in [6.07, 6.45) is 18.7. The Morgan fingerprint density at radius 3 is 1.73 bits per heavy atom. The first kappa shape index (κ1) is 21.4. The van der Waals surface area contributed by atoms with Gasteiger partial charge in [0.2, 0.25) is 5.91 Å². The Bertz CT molecular complexity index is 244. The molecule has 1 amide bonds. The summed E-state index contributed by atoms with van der Waals surface area (Å²) < 4.78 is 5.60. The second-order valence-corrected chi connectivity index (χ2v) is 6.54. The van der Waals surface area contributed by atoms with Crippen molar-refractivity contribution in [3.05, 3.63) is 0 Å². The summed E-state index contributed by atoms with van der Waals surface area (Å²) in [5.41, 5.74) is 5.12. The molecule has 0 aliphatic carbocycles. The predicted octanol–water partition coefficient (Wildman–Crippen LogP) is 5.36. The van der Waals surface area contributed by atoms with E-state index in [0.29, 0.717) is 12.5 Å². The third-order valence-corrected chi connectivity index (χ3v) is 4.41. The first-order valence-corrected chi connectivity index (χ1v) is 9.51. The number of carbonyl (C=O) groups is 1. The van der Waals surface area contributed by atoms with Gasteiger partial charge in [-0.3, -0.25) is 4.79 Å². The minimum absolute atomic E-state index is 0.169. The molecule has 2 N–H and O–H groups in total. The summed E-state index contributed by atoms with van der Waals surface area (Å²) in [6.45, 7) is 2.26. The first-order valence-electron chi connectivity index (χ1n) is 9.51.